The topological polar surface area (TPSA) is 88.4 Å². The Morgan fingerprint density at radius 1 is 1.04 bits per heavy atom. The minimum absolute atomic E-state index is 0.269. The van der Waals surface area contributed by atoms with Crippen molar-refractivity contribution in [2.24, 2.45) is 0 Å². The van der Waals surface area contributed by atoms with Crippen molar-refractivity contribution in [3.8, 4) is 11.8 Å². The zero-order valence-corrected chi connectivity index (χ0v) is 15.0. The van der Waals surface area contributed by atoms with Gasteiger partial charge in [-0.15, -0.1) is 0 Å². The Hall–Kier alpha value is -3.33. The molecule has 2 rings (SSSR count). The molecule has 0 heterocycles. The molecule has 0 aliphatic carbocycles. The maximum atomic E-state index is 11.8. The van der Waals surface area contributed by atoms with Crippen LogP contribution in [0.3, 0.4) is 0 Å². The highest BCUT2D eigenvalue weighted by molar-refractivity contribution is 5.92. The largest absolute Gasteiger partial charge is 0.481 e. The zero-order valence-electron chi connectivity index (χ0n) is 15.0. The molecule has 26 heavy (non-hydrogen) atoms. The van der Waals surface area contributed by atoms with Crippen LogP contribution in [0.15, 0.2) is 36.4 Å². The van der Waals surface area contributed by atoms with E-state index in [2.05, 4.69) is 5.32 Å². The second kappa shape index (κ2) is 8.67. The molecule has 0 bridgehead atoms. The Morgan fingerprint density at radius 3 is 2.23 bits per heavy atom. The SMILES string of the molecule is Cc1cc(C)c(OCC(=O)OCC(=O)Nc2ccc(C#N)cc2)c(C)c1. The monoisotopic (exact) mass is 352 g/mol. The Balaban J connectivity index is 1.79. The third-order valence-electron chi connectivity index (χ3n) is 3.60. The number of amides is 1. The normalized spacial score (nSPS) is 9.92. The smallest absolute Gasteiger partial charge is 0.344 e. The summed E-state index contributed by atoms with van der Waals surface area (Å²) in [5.74, 6) is -0.445. The summed E-state index contributed by atoms with van der Waals surface area (Å²) >= 11 is 0. The van der Waals surface area contributed by atoms with Crippen LogP contribution in [0.1, 0.15) is 22.3 Å². The molecule has 6 nitrogen and oxygen atoms in total. The van der Waals surface area contributed by atoms with E-state index in [-0.39, 0.29) is 6.61 Å². The number of aryl methyl sites for hydroxylation is 3. The summed E-state index contributed by atoms with van der Waals surface area (Å²) in [6, 6.07) is 12.3. The molecule has 1 amide bonds. The quantitative estimate of drug-likeness (QED) is 0.807. The second-order valence-corrected chi connectivity index (χ2v) is 5.91. The Morgan fingerprint density at radius 2 is 1.65 bits per heavy atom. The van der Waals surface area contributed by atoms with Gasteiger partial charge in [-0.25, -0.2) is 4.79 Å². The van der Waals surface area contributed by atoms with E-state index in [9.17, 15) is 9.59 Å². The van der Waals surface area contributed by atoms with Crippen molar-refractivity contribution < 1.29 is 19.1 Å². The second-order valence-electron chi connectivity index (χ2n) is 5.91. The van der Waals surface area contributed by atoms with E-state index < -0.39 is 18.5 Å². The molecule has 6 heteroatoms. The Labute approximate surface area is 152 Å². The predicted octanol–water partition coefficient (Wildman–Crippen LogP) is 3.04. The molecule has 2 aromatic rings. The number of nitriles is 1. The van der Waals surface area contributed by atoms with Crippen molar-refractivity contribution in [2.45, 2.75) is 20.8 Å². The highest BCUT2D eigenvalue weighted by Crippen LogP contribution is 2.24. The van der Waals surface area contributed by atoms with E-state index in [0.717, 1.165) is 16.7 Å². The first-order chi connectivity index (χ1) is 12.4. The van der Waals surface area contributed by atoms with Crippen LogP contribution in [-0.2, 0) is 14.3 Å². The summed E-state index contributed by atoms with van der Waals surface area (Å²) in [5, 5.41) is 11.3. The molecular formula is C20H20N2O4. The molecule has 2 aromatic carbocycles. The molecule has 0 unspecified atom stereocenters. The average molecular weight is 352 g/mol. The zero-order chi connectivity index (χ0) is 19.1. The lowest BCUT2D eigenvalue weighted by Gasteiger charge is -2.12. The lowest BCUT2D eigenvalue weighted by atomic mass is 10.1. The molecule has 1 N–H and O–H groups in total. The standard InChI is InChI=1S/C20H20N2O4/c1-13-8-14(2)20(15(3)9-13)26-12-19(24)25-11-18(23)22-17-6-4-16(10-21)5-7-17/h4-9H,11-12H2,1-3H3,(H,22,23). The summed E-state index contributed by atoms with van der Waals surface area (Å²) in [6.45, 7) is 5.13. The molecule has 0 radical (unpaired) electrons. The van der Waals surface area contributed by atoms with Crippen molar-refractivity contribution in [3.05, 3.63) is 58.7 Å². The van der Waals surface area contributed by atoms with Gasteiger partial charge >= 0.3 is 5.97 Å². The first kappa shape index (κ1) is 19.0. The van der Waals surface area contributed by atoms with Gasteiger partial charge in [-0.2, -0.15) is 5.26 Å². The number of ether oxygens (including phenoxy) is 2. The number of benzene rings is 2. The molecule has 0 spiro atoms. The number of anilines is 1. The van der Waals surface area contributed by atoms with Crippen molar-refractivity contribution in [3.63, 3.8) is 0 Å². The fraction of sp³-hybridized carbons (Fsp3) is 0.250. The molecular weight excluding hydrogens is 332 g/mol. The van der Waals surface area contributed by atoms with Crippen molar-refractivity contribution in [1.29, 1.82) is 5.26 Å². The highest BCUT2D eigenvalue weighted by atomic mass is 16.6. The molecule has 0 fully saturated rings. The molecule has 0 saturated heterocycles. The third kappa shape index (κ3) is 5.35. The van der Waals surface area contributed by atoms with Gasteiger partial charge in [-0.3, -0.25) is 4.79 Å². The lowest BCUT2D eigenvalue weighted by Crippen LogP contribution is -2.23. The number of nitrogens with zero attached hydrogens (tertiary/aromatic N) is 1. The number of rotatable bonds is 6. The van der Waals surface area contributed by atoms with E-state index in [1.807, 2.05) is 39.0 Å². The number of hydrogen-bond acceptors (Lipinski definition) is 5. The minimum atomic E-state index is -0.626. The van der Waals surface area contributed by atoms with Crippen LogP contribution in [0.25, 0.3) is 0 Å². The van der Waals surface area contributed by atoms with Crippen LogP contribution < -0.4 is 10.1 Å². The third-order valence-corrected chi connectivity index (χ3v) is 3.60. The molecule has 0 saturated carbocycles. The van der Waals surface area contributed by atoms with Crippen LogP contribution in [-0.4, -0.2) is 25.1 Å². The minimum Gasteiger partial charge on any atom is -0.481 e. The van der Waals surface area contributed by atoms with Crippen LogP contribution in [0, 0.1) is 32.1 Å². The fourth-order valence-electron chi connectivity index (χ4n) is 2.54. The summed E-state index contributed by atoms with van der Waals surface area (Å²) in [4.78, 5) is 23.6. The number of nitrogens with one attached hydrogen (secondary N) is 1. The molecule has 0 atom stereocenters. The predicted molar refractivity (Wildman–Crippen MR) is 96.9 cm³/mol. The van der Waals surface area contributed by atoms with Gasteiger partial charge in [0, 0.05) is 5.69 Å². The summed E-state index contributed by atoms with van der Waals surface area (Å²) in [5.41, 5.74) is 4.01. The van der Waals surface area contributed by atoms with E-state index >= 15 is 0 Å². The Bertz CT molecular complexity index is 828. The summed E-state index contributed by atoms with van der Waals surface area (Å²) in [7, 11) is 0. The van der Waals surface area contributed by atoms with Gasteiger partial charge in [0.25, 0.3) is 5.91 Å². The van der Waals surface area contributed by atoms with Crippen LogP contribution in [0.4, 0.5) is 5.69 Å². The van der Waals surface area contributed by atoms with Crippen LogP contribution in [0.2, 0.25) is 0 Å². The van der Waals surface area contributed by atoms with Crippen molar-refractivity contribution in [1.82, 2.24) is 0 Å². The number of esters is 1. The van der Waals surface area contributed by atoms with Crippen molar-refractivity contribution in [2.75, 3.05) is 18.5 Å². The summed E-state index contributed by atoms with van der Waals surface area (Å²) < 4.78 is 10.4. The fourth-order valence-corrected chi connectivity index (χ4v) is 2.54. The van der Waals surface area contributed by atoms with E-state index in [1.54, 1.807) is 24.3 Å². The average Bonchev–Trinajstić information content (AvgIpc) is 2.59. The summed E-state index contributed by atoms with van der Waals surface area (Å²) in [6.07, 6.45) is 0. The number of carbonyl (C=O) groups is 2. The van der Waals surface area contributed by atoms with Crippen molar-refractivity contribution >= 4 is 17.6 Å². The molecule has 0 aliphatic heterocycles. The maximum absolute atomic E-state index is 11.8. The molecule has 134 valence electrons. The van der Waals surface area contributed by atoms with E-state index in [4.69, 9.17) is 14.7 Å². The maximum Gasteiger partial charge on any atom is 0.344 e. The van der Waals surface area contributed by atoms with E-state index in [1.165, 1.54) is 0 Å². The van der Waals surface area contributed by atoms with E-state index in [0.29, 0.717) is 17.0 Å². The van der Waals surface area contributed by atoms with Gasteiger partial charge in [0.1, 0.15) is 5.75 Å². The molecule has 0 aromatic heterocycles. The first-order valence-electron chi connectivity index (χ1n) is 8.05. The van der Waals surface area contributed by atoms with Crippen LogP contribution >= 0.6 is 0 Å². The highest BCUT2D eigenvalue weighted by Gasteiger charge is 2.11. The van der Waals surface area contributed by atoms with Gasteiger partial charge in [-0.05, 0) is 56.2 Å². The Kier molecular flexibility index (Phi) is 6.34. The molecule has 0 aliphatic rings. The number of carbonyl (C=O) groups excluding carboxylic acids is 2. The van der Waals surface area contributed by atoms with Crippen LogP contribution in [0.5, 0.6) is 5.75 Å². The number of hydrogen-bond donors (Lipinski definition) is 1. The van der Waals surface area contributed by atoms with Gasteiger partial charge < -0.3 is 14.8 Å². The lowest BCUT2D eigenvalue weighted by molar-refractivity contribution is -0.149. The first-order valence-corrected chi connectivity index (χ1v) is 8.05. The van der Waals surface area contributed by atoms with Gasteiger partial charge in [0.2, 0.25) is 0 Å². The van der Waals surface area contributed by atoms with Gasteiger partial charge in [0.05, 0.1) is 11.6 Å². The van der Waals surface area contributed by atoms with Gasteiger partial charge in [-0.1, -0.05) is 17.7 Å². The van der Waals surface area contributed by atoms with Gasteiger partial charge in [0.15, 0.2) is 13.2 Å².